The second-order valence-electron chi connectivity index (χ2n) is 4.15. The molecule has 0 bridgehead atoms. The molecule has 2 heteroatoms. The van der Waals surface area contributed by atoms with Crippen LogP contribution in [0.1, 0.15) is 27.7 Å². The molecule has 0 rings (SSSR count). The summed E-state index contributed by atoms with van der Waals surface area (Å²) < 4.78 is 0. The summed E-state index contributed by atoms with van der Waals surface area (Å²) in [5.41, 5.74) is 2.19. The molecule has 0 saturated carbocycles. The quantitative estimate of drug-likeness (QED) is 0.661. The van der Waals surface area contributed by atoms with E-state index in [1.807, 2.05) is 13.0 Å². The van der Waals surface area contributed by atoms with E-state index < -0.39 is 0 Å². The van der Waals surface area contributed by atoms with E-state index in [9.17, 15) is 0 Å². The number of aliphatic imine (C=N–C) groups is 1. The third kappa shape index (κ3) is 5.23. The summed E-state index contributed by atoms with van der Waals surface area (Å²) in [7, 11) is 0. The van der Waals surface area contributed by atoms with Crippen molar-refractivity contribution in [3.05, 3.63) is 24.0 Å². The molecule has 0 aromatic carbocycles. The standard InChI is InChI=1S/C11H20N2/c1-9(7-8-12-6)13-10(2)11(3,4)5/h7,13H,2,6,8H2,1,3-5H3/b9-7+. The molecule has 0 atom stereocenters. The van der Waals surface area contributed by atoms with Crippen LogP contribution in [0.25, 0.3) is 0 Å². The average Bonchev–Trinajstić information content (AvgIpc) is 1.99. The molecule has 0 aromatic heterocycles. The van der Waals surface area contributed by atoms with Crippen LogP contribution in [-0.4, -0.2) is 13.3 Å². The maximum Gasteiger partial charge on any atom is 0.0582 e. The molecule has 0 amide bonds. The van der Waals surface area contributed by atoms with Gasteiger partial charge in [-0.25, -0.2) is 0 Å². The van der Waals surface area contributed by atoms with Crippen LogP contribution < -0.4 is 5.32 Å². The van der Waals surface area contributed by atoms with Crippen LogP contribution in [0.15, 0.2) is 29.0 Å². The zero-order valence-electron chi connectivity index (χ0n) is 9.15. The number of nitrogens with one attached hydrogen (secondary N) is 1. The number of allylic oxidation sites excluding steroid dienone is 2. The molecule has 1 N–H and O–H groups in total. The molecule has 0 aliphatic rings. The summed E-state index contributed by atoms with van der Waals surface area (Å²) in [6.07, 6.45) is 1.99. The first kappa shape index (κ1) is 11.9. The Hall–Kier alpha value is -1.05. The lowest BCUT2D eigenvalue weighted by Crippen LogP contribution is -2.22. The van der Waals surface area contributed by atoms with Gasteiger partial charge in [-0.15, -0.1) is 0 Å². The first-order valence-corrected chi connectivity index (χ1v) is 4.43. The predicted molar refractivity (Wildman–Crippen MR) is 59.9 cm³/mol. The summed E-state index contributed by atoms with van der Waals surface area (Å²) in [5.74, 6) is 0. The second kappa shape index (κ2) is 4.85. The van der Waals surface area contributed by atoms with Gasteiger partial charge < -0.3 is 5.32 Å². The van der Waals surface area contributed by atoms with Gasteiger partial charge >= 0.3 is 0 Å². The summed E-state index contributed by atoms with van der Waals surface area (Å²) >= 11 is 0. The van der Waals surface area contributed by atoms with E-state index >= 15 is 0 Å². The molecular formula is C11H20N2. The summed E-state index contributed by atoms with van der Waals surface area (Å²) in [5, 5.41) is 3.23. The molecule has 0 spiro atoms. The first-order valence-electron chi connectivity index (χ1n) is 4.43. The monoisotopic (exact) mass is 180 g/mol. The van der Waals surface area contributed by atoms with E-state index in [-0.39, 0.29) is 5.41 Å². The number of rotatable bonds is 4. The van der Waals surface area contributed by atoms with Crippen molar-refractivity contribution in [3.63, 3.8) is 0 Å². The Morgan fingerprint density at radius 1 is 1.46 bits per heavy atom. The highest BCUT2D eigenvalue weighted by molar-refractivity contribution is 5.24. The van der Waals surface area contributed by atoms with Gasteiger partial charge in [-0.3, -0.25) is 4.99 Å². The first-order chi connectivity index (χ1) is 5.88. The third-order valence-corrected chi connectivity index (χ3v) is 1.78. The lowest BCUT2D eigenvalue weighted by molar-refractivity contribution is 0.476. The van der Waals surface area contributed by atoms with Gasteiger partial charge in [0.2, 0.25) is 0 Å². The zero-order chi connectivity index (χ0) is 10.5. The Kier molecular flexibility index (Phi) is 4.46. The number of hydrogen-bond acceptors (Lipinski definition) is 2. The van der Waals surface area contributed by atoms with Gasteiger partial charge in [-0.2, -0.15) is 0 Å². The fourth-order valence-electron chi connectivity index (χ4n) is 0.678. The van der Waals surface area contributed by atoms with Crippen LogP contribution in [0.2, 0.25) is 0 Å². The van der Waals surface area contributed by atoms with E-state index in [1.165, 1.54) is 0 Å². The van der Waals surface area contributed by atoms with Crippen molar-refractivity contribution in [2.24, 2.45) is 10.4 Å². The van der Waals surface area contributed by atoms with Gasteiger partial charge in [0.25, 0.3) is 0 Å². The Bertz CT molecular complexity index is 219. The van der Waals surface area contributed by atoms with Crippen LogP contribution in [0.5, 0.6) is 0 Å². The minimum atomic E-state index is 0.0940. The maximum absolute atomic E-state index is 3.98. The normalized spacial score (nSPS) is 12.5. The Labute approximate surface area is 81.5 Å². The van der Waals surface area contributed by atoms with Crippen molar-refractivity contribution in [3.8, 4) is 0 Å². The molecule has 2 nitrogen and oxygen atoms in total. The fourth-order valence-corrected chi connectivity index (χ4v) is 0.678. The zero-order valence-corrected chi connectivity index (χ0v) is 9.15. The highest BCUT2D eigenvalue weighted by Gasteiger charge is 2.14. The minimum absolute atomic E-state index is 0.0940. The average molecular weight is 180 g/mol. The molecule has 0 heterocycles. The van der Waals surface area contributed by atoms with Crippen LogP contribution in [0.3, 0.4) is 0 Å². The highest BCUT2D eigenvalue weighted by Crippen LogP contribution is 2.21. The van der Waals surface area contributed by atoms with E-state index in [0.29, 0.717) is 6.54 Å². The van der Waals surface area contributed by atoms with Gasteiger partial charge in [0.15, 0.2) is 0 Å². The summed E-state index contributed by atoms with van der Waals surface area (Å²) in [4.78, 5) is 3.75. The van der Waals surface area contributed by atoms with Crippen molar-refractivity contribution >= 4 is 6.72 Å². The smallest absolute Gasteiger partial charge is 0.0582 e. The lowest BCUT2D eigenvalue weighted by atomic mass is 9.93. The van der Waals surface area contributed by atoms with E-state index in [0.717, 1.165) is 11.4 Å². The molecule has 0 saturated heterocycles. The fraction of sp³-hybridized carbons (Fsp3) is 0.545. The van der Waals surface area contributed by atoms with Crippen molar-refractivity contribution in [2.75, 3.05) is 6.54 Å². The number of nitrogens with zero attached hydrogens (tertiary/aromatic N) is 1. The Morgan fingerprint density at radius 3 is 2.38 bits per heavy atom. The highest BCUT2D eigenvalue weighted by atomic mass is 14.9. The lowest BCUT2D eigenvalue weighted by Gasteiger charge is -2.23. The molecule has 0 radical (unpaired) electrons. The molecule has 0 fully saturated rings. The predicted octanol–water partition coefficient (Wildman–Crippen LogP) is 2.74. The van der Waals surface area contributed by atoms with Crippen LogP contribution >= 0.6 is 0 Å². The van der Waals surface area contributed by atoms with Crippen molar-refractivity contribution < 1.29 is 0 Å². The van der Waals surface area contributed by atoms with Crippen LogP contribution in [0, 0.1) is 5.41 Å². The van der Waals surface area contributed by atoms with E-state index in [4.69, 9.17) is 0 Å². The van der Waals surface area contributed by atoms with Gasteiger partial charge in [0.05, 0.1) is 6.54 Å². The van der Waals surface area contributed by atoms with Crippen LogP contribution in [0.4, 0.5) is 0 Å². The van der Waals surface area contributed by atoms with E-state index in [1.54, 1.807) is 0 Å². The van der Waals surface area contributed by atoms with Crippen molar-refractivity contribution in [2.45, 2.75) is 27.7 Å². The second-order valence-corrected chi connectivity index (χ2v) is 4.15. The molecule has 13 heavy (non-hydrogen) atoms. The van der Waals surface area contributed by atoms with Crippen LogP contribution in [-0.2, 0) is 0 Å². The molecule has 0 aromatic rings. The molecular weight excluding hydrogens is 160 g/mol. The summed E-state index contributed by atoms with van der Waals surface area (Å²) in [6, 6.07) is 0. The minimum Gasteiger partial charge on any atom is -0.363 e. The number of hydrogen-bond donors (Lipinski definition) is 1. The van der Waals surface area contributed by atoms with Gasteiger partial charge in [0, 0.05) is 16.8 Å². The SMILES string of the molecule is C=NC/C=C(\C)NC(=C)C(C)(C)C. The largest absolute Gasteiger partial charge is 0.363 e. The maximum atomic E-state index is 3.98. The van der Waals surface area contributed by atoms with E-state index in [2.05, 4.69) is 44.4 Å². The molecule has 74 valence electrons. The topological polar surface area (TPSA) is 24.4 Å². The van der Waals surface area contributed by atoms with Crippen molar-refractivity contribution in [1.82, 2.24) is 5.32 Å². The van der Waals surface area contributed by atoms with Gasteiger partial charge in [-0.05, 0) is 19.7 Å². The molecule has 0 aliphatic heterocycles. The van der Waals surface area contributed by atoms with Crippen molar-refractivity contribution in [1.29, 1.82) is 0 Å². The Morgan fingerprint density at radius 2 is 2.00 bits per heavy atom. The summed E-state index contributed by atoms with van der Waals surface area (Å²) in [6.45, 7) is 16.4. The van der Waals surface area contributed by atoms with Gasteiger partial charge in [-0.1, -0.05) is 27.4 Å². The molecule has 0 unspecified atom stereocenters. The third-order valence-electron chi connectivity index (χ3n) is 1.78. The Balaban J connectivity index is 4.14. The molecule has 0 aliphatic carbocycles. The van der Waals surface area contributed by atoms with Gasteiger partial charge in [0.1, 0.15) is 0 Å².